The van der Waals surface area contributed by atoms with E-state index in [0.717, 1.165) is 23.1 Å². The maximum Gasteiger partial charge on any atom is 0.410 e. The minimum atomic E-state index is -1.46. The van der Waals surface area contributed by atoms with E-state index >= 15 is 0 Å². The van der Waals surface area contributed by atoms with Gasteiger partial charge in [0.05, 0.1) is 35.4 Å². The molecule has 15 heteroatoms. The molecule has 1 aliphatic heterocycles. The molecule has 4 aromatic rings. The van der Waals surface area contributed by atoms with Crippen LogP contribution in [0, 0.1) is 0 Å². The van der Waals surface area contributed by atoms with Crippen molar-refractivity contribution in [2.75, 3.05) is 23.8 Å². The molecule has 0 saturated heterocycles. The molecule has 0 bridgehead atoms. The number of nitrogens with zero attached hydrogens (tertiary/aromatic N) is 1. The molecular formula is C38H37N3O10S2. The van der Waals surface area contributed by atoms with Crippen molar-refractivity contribution in [1.29, 1.82) is 0 Å². The maximum atomic E-state index is 14.2. The number of benzene rings is 3. The minimum Gasteiger partial charge on any atom is -0.478 e. The Hall–Kier alpha value is -5.67. The first-order valence-electron chi connectivity index (χ1n) is 16.5. The second-order valence-corrected chi connectivity index (χ2v) is 15.1. The zero-order valence-corrected chi connectivity index (χ0v) is 30.9. The highest BCUT2D eigenvalue weighted by Crippen LogP contribution is 2.41. The van der Waals surface area contributed by atoms with Crippen LogP contribution in [-0.4, -0.2) is 69.7 Å². The Bertz CT molecular complexity index is 2070. The lowest BCUT2D eigenvalue weighted by Gasteiger charge is -2.30. The predicted octanol–water partition coefficient (Wildman–Crippen LogP) is 7.34. The second-order valence-electron chi connectivity index (χ2n) is 12.8. The first-order valence-corrected chi connectivity index (χ1v) is 18.2. The predicted molar refractivity (Wildman–Crippen MR) is 199 cm³/mol. The van der Waals surface area contributed by atoms with Gasteiger partial charge in [0.1, 0.15) is 15.9 Å². The lowest BCUT2D eigenvalue weighted by atomic mass is 10.0. The van der Waals surface area contributed by atoms with Gasteiger partial charge in [-0.05, 0) is 81.6 Å². The van der Waals surface area contributed by atoms with Crippen molar-refractivity contribution in [3.63, 3.8) is 0 Å². The fourth-order valence-electron chi connectivity index (χ4n) is 5.51. The summed E-state index contributed by atoms with van der Waals surface area (Å²) in [6, 6.07) is 18.8. The Balaban J connectivity index is 1.41. The number of carboxylic acid groups (broad SMARTS) is 2. The molecule has 2 heterocycles. The smallest absolute Gasteiger partial charge is 0.410 e. The van der Waals surface area contributed by atoms with Gasteiger partial charge in [0, 0.05) is 22.0 Å². The molecule has 3 aromatic carbocycles. The number of fused-ring (bicyclic) bond motifs is 1. The Kier molecular flexibility index (Phi) is 11.9. The average Bonchev–Trinajstić information content (AvgIpc) is 3.47. The molecule has 5 rings (SSSR count). The molecule has 13 nitrogen and oxygen atoms in total. The van der Waals surface area contributed by atoms with E-state index in [9.17, 15) is 39.0 Å². The average molecular weight is 760 g/mol. The Morgan fingerprint density at radius 1 is 0.906 bits per heavy atom. The number of rotatable bonds is 11. The normalized spacial score (nSPS) is 12.9. The number of carbonyl (C=O) groups excluding carboxylic acids is 4. The van der Waals surface area contributed by atoms with Gasteiger partial charge in [-0.15, -0.1) is 23.1 Å². The summed E-state index contributed by atoms with van der Waals surface area (Å²) in [4.78, 5) is 79.6. The third-order valence-electron chi connectivity index (χ3n) is 7.85. The fraction of sp³-hybridized carbons (Fsp3) is 0.263. The molecule has 1 aromatic heterocycles. The molecule has 0 saturated carbocycles. The van der Waals surface area contributed by atoms with Crippen LogP contribution >= 0.6 is 23.1 Å². The van der Waals surface area contributed by atoms with Gasteiger partial charge in [0.15, 0.2) is 0 Å². The summed E-state index contributed by atoms with van der Waals surface area (Å²) in [5, 5.41) is 24.0. The van der Waals surface area contributed by atoms with Crippen LogP contribution in [-0.2, 0) is 27.2 Å². The van der Waals surface area contributed by atoms with Crippen LogP contribution in [0.1, 0.15) is 90.4 Å². The maximum absolute atomic E-state index is 14.2. The van der Waals surface area contributed by atoms with Crippen molar-refractivity contribution < 1.29 is 48.5 Å². The molecule has 0 spiro atoms. The molecule has 3 amide bonds. The topological polar surface area (TPSA) is 189 Å². The van der Waals surface area contributed by atoms with Crippen molar-refractivity contribution in [2.45, 2.75) is 56.4 Å². The number of esters is 1. The Morgan fingerprint density at radius 3 is 2.30 bits per heavy atom. The molecule has 1 aliphatic rings. The number of thioether (sulfide) groups is 1. The first-order chi connectivity index (χ1) is 25.1. The van der Waals surface area contributed by atoms with E-state index < -0.39 is 52.2 Å². The summed E-state index contributed by atoms with van der Waals surface area (Å²) >= 11 is 2.39. The quantitative estimate of drug-likeness (QED) is 0.0885. The second kappa shape index (κ2) is 16.3. The highest BCUT2D eigenvalue weighted by molar-refractivity contribution is 8.00. The summed E-state index contributed by atoms with van der Waals surface area (Å²) in [6.07, 6.45) is -0.112. The van der Waals surface area contributed by atoms with Gasteiger partial charge < -0.3 is 35.2 Å². The number of anilines is 2. The summed E-state index contributed by atoms with van der Waals surface area (Å²) in [7, 11) is 0. The van der Waals surface area contributed by atoms with Gasteiger partial charge in [-0.2, -0.15) is 0 Å². The summed E-state index contributed by atoms with van der Waals surface area (Å²) in [5.41, 5.74) is 0.262. The molecule has 0 fully saturated rings. The van der Waals surface area contributed by atoms with Gasteiger partial charge in [-0.1, -0.05) is 36.4 Å². The highest BCUT2D eigenvalue weighted by Gasteiger charge is 2.34. The molecule has 4 N–H and O–H groups in total. The van der Waals surface area contributed by atoms with E-state index in [-0.39, 0.29) is 29.8 Å². The van der Waals surface area contributed by atoms with Crippen LogP contribution in [0.4, 0.5) is 15.5 Å². The van der Waals surface area contributed by atoms with Gasteiger partial charge in [-0.3, -0.25) is 9.59 Å². The Morgan fingerprint density at radius 2 is 1.64 bits per heavy atom. The zero-order chi connectivity index (χ0) is 38.4. The van der Waals surface area contributed by atoms with E-state index in [1.165, 1.54) is 23.1 Å². The van der Waals surface area contributed by atoms with E-state index in [1.807, 2.05) is 6.07 Å². The number of hydrogen-bond donors (Lipinski definition) is 4. The monoisotopic (exact) mass is 759 g/mol. The standard InChI is InChI=1S/C38H37N3O10S2/c1-5-50-36(48)29-26-16-17-41(37(49)51-38(2,3)4)20-28(26)53-33(29)40-32(43)30(21-10-7-6-8-11-21)52-24-13-9-12-23(19-24)39-31(42)25-15-14-22(34(44)45)18-27(25)35(46)47/h6-15,18-19,30H,5,16-17,20H2,1-4H3,(H,39,42)(H,40,43)(H,44,45)(H,46,47). The van der Waals surface area contributed by atoms with Crippen molar-refractivity contribution in [3.8, 4) is 0 Å². The summed E-state index contributed by atoms with van der Waals surface area (Å²) in [5.74, 6) is -4.58. The van der Waals surface area contributed by atoms with Gasteiger partial charge in [-0.25, -0.2) is 19.2 Å². The highest BCUT2D eigenvalue weighted by atomic mass is 32.2. The van der Waals surface area contributed by atoms with E-state index in [0.29, 0.717) is 39.7 Å². The number of carbonyl (C=O) groups is 6. The van der Waals surface area contributed by atoms with Crippen molar-refractivity contribution in [1.82, 2.24) is 4.90 Å². The SMILES string of the molecule is CCOC(=O)c1c(NC(=O)C(Sc2cccc(NC(=O)c3ccc(C(=O)O)cc3C(=O)O)c2)c2ccccc2)sc2c1CCN(C(=O)OC(C)(C)C)C2. The number of aromatic carboxylic acids is 2. The van der Waals surface area contributed by atoms with Crippen LogP contribution in [0.15, 0.2) is 77.7 Å². The van der Waals surface area contributed by atoms with E-state index in [2.05, 4.69) is 10.6 Å². The lowest BCUT2D eigenvalue weighted by Crippen LogP contribution is -2.39. The third-order valence-corrected chi connectivity index (χ3v) is 10.2. The number of amides is 3. The molecule has 53 heavy (non-hydrogen) atoms. The van der Waals surface area contributed by atoms with Crippen LogP contribution in [0.5, 0.6) is 0 Å². The van der Waals surface area contributed by atoms with Crippen LogP contribution in [0.3, 0.4) is 0 Å². The van der Waals surface area contributed by atoms with Crippen molar-refractivity contribution in [2.24, 2.45) is 0 Å². The number of carboxylic acids is 2. The third kappa shape index (κ3) is 9.42. The van der Waals surface area contributed by atoms with Crippen LogP contribution < -0.4 is 10.6 Å². The number of nitrogens with one attached hydrogen (secondary N) is 2. The number of thiophene rings is 1. The van der Waals surface area contributed by atoms with Gasteiger partial charge in [0.2, 0.25) is 5.91 Å². The molecule has 0 radical (unpaired) electrons. The molecular weight excluding hydrogens is 723 g/mol. The number of ether oxygens (including phenoxy) is 2. The molecule has 1 unspecified atom stereocenters. The van der Waals surface area contributed by atoms with E-state index in [4.69, 9.17) is 9.47 Å². The molecule has 0 aliphatic carbocycles. The number of hydrogen-bond acceptors (Lipinski definition) is 10. The molecule has 276 valence electrons. The zero-order valence-electron chi connectivity index (χ0n) is 29.3. The van der Waals surface area contributed by atoms with Crippen LogP contribution in [0.2, 0.25) is 0 Å². The van der Waals surface area contributed by atoms with E-state index in [1.54, 1.807) is 81.1 Å². The molecule has 1 atom stereocenters. The summed E-state index contributed by atoms with van der Waals surface area (Å²) in [6.45, 7) is 7.69. The van der Waals surface area contributed by atoms with Gasteiger partial charge >= 0.3 is 24.0 Å². The van der Waals surface area contributed by atoms with Crippen molar-refractivity contribution in [3.05, 3.63) is 111 Å². The van der Waals surface area contributed by atoms with Crippen LogP contribution in [0.25, 0.3) is 0 Å². The van der Waals surface area contributed by atoms with Crippen molar-refractivity contribution >= 4 is 69.6 Å². The largest absolute Gasteiger partial charge is 0.478 e. The summed E-state index contributed by atoms with van der Waals surface area (Å²) < 4.78 is 10.9. The fourth-order valence-corrected chi connectivity index (χ4v) is 7.84. The lowest BCUT2D eigenvalue weighted by molar-refractivity contribution is -0.115. The first kappa shape index (κ1) is 38.6. The Labute approximate surface area is 313 Å². The minimum absolute atomic E-state index is 0.126. The van der Waals surface area contributed by atoms with Gasteiger partial charge in [0.25, 0.3) is 5.91 Å².